The second-order valence-electron chi connectivity index (χ2n) is 7.61. The minimum absolute atomic E-state index is 0.201. The van der Waals surface area contributed by atoms with Gasteiger partial charge in [0.25, 0.3) is 0 Å². The molecule has 0 saturated carbocycles. The standard InChI is InChI=1S/C17H35NO2/c1-6-7-8-9-10-11-12-20-15-13-16(2,3)18(19)17(4,5)14-15/h15,19H,6-14H2,1-5H3. The SMILES string of the molecule is CCCCCCCCOC1CC(C)(C)N(O)C(C)(C)C1. The molecule has 1 aliphatic rings. The lowest BCUT2D eigenvalue weighted by Crippen LogP contribution is -2.60. The van der Waals surface area contributed by atoms with Crippen LogP contribution in [-0.2, 0) is 4.74 Å². The molecule has 0 radical (unpaired) electrons. The zero-order valence-corrected chi connectivity index (χ0v) is 14.2. The maximum absolute atomic E-state index is 10.3. The van der Waals surface area contributed by atoms with Crippen LogP contribution in [0.1, 0.15) is 86.0 Å². The summed E-state index contributed by atoms with van der Waals surface area (Å²) >= 11 is 0. The number of rotatable bonds is 8. The maximum atomic E-state index is 10.3. The van der Waals surface area contributed by atoms with Crippen molar-refractivity contribution in [3.63, 3.8) is 0 Å². The Hall–Kier alpha value is -0.120. The van der Waals surface area contributed by atoms with E-state index in [2.05, 4.69) is 34.6 Å². The van der Waals surface area contributed by atoms with Gasteiger partial charge < -0.3 is 9.94 Å². The Kier molecular flexibility index (Phi) is 6.96. The topological polar surface area (TPSA) is 32.7 Å². The van der Waals surface area contributed by atoms with E-state index in [0.29, 0.717) is 0 Å². The first kappa shape index (κ1) is 17.9. The first-order valence-corrected chi connectivity index (χ1v) is 8.40. The van der Waals surface area contributed by atoms with E-state index < -0.39 is 0 Å². The van der Waals surface area contributed by atoms with E-state index in [0.717, 1.165) is 19.4 Å². The Balaban J connectivity index is 2.24. The molecule has 0 unspecified atom stereocenters. The third kappa shape index (κ3) is 5.34. The fourth-order valence-electron chi connectivity index (χ4n) is 3.43. The molecule has 1 aliphatic heterocycles. The molecule has 1 heterocycles. The van der Waals surface area contributed by atoms with Gasteiger partial charge in [-0.2, -0.15) is 5.06 Å². The van der Waals surface area contributed by atoms with Crippen LogP contribution in [0.5, 0.6) is 0 Å². The van der Waals surface area contributed by atoms with Crippen LogP contribution in [0.15, 0.2) is 0 Å². The molecule has 0 aliphatic carbocycles. The lowest BCUT2D eigenvalue weighted by molar-refractivity contribution is -0.261. The third-order valence-electron chi connectivity index (χ3n) is 4.45. The monoisotopic (exact) mass is 285 g/mol. The first-order valence-electron chi connectivity index (χ1n) is 8.40. The van der Waals surface area contributed by atoms with Crippen molar-refractivity contribution in [2.24, 2.45) is 0 Å². The molecule has 3 heteroatoms. The number of hydrogen-bond acceptors (Lipinski definition) is 3. The molecule has 1 N–H and O–H groups in total. The van der Waals surface area contributed by atoms with E-state index in [-0.39, 0.29) is 17.2 Å². The van der Waals surface area contributed by atoms with Gasteiger partial charge in [0.05, 0.1) is 6.10 Å². The summed E-state index contributed by atoms with van der Waals surface area (Å²) in [6, 6.07) is 0. The van der Waals surface area contributed by atoms with Crippen LogP contribution in [0.4, 0.5) is 0 Å². The zero-order valence-electron chi connectivity index (χ0n) is 14.2. The highest BCUT2D eigenvalue weighted by atomic mass is 16.5. The normalized spacial score (nSPS) is 23.1. The molecule has 3 nitrogen and oxygen atoms in total. The maximum Gasteiger partial charge on any atom is 0.0611 e. The molecular formula is C17H35NO2. The summed E-state index contributed by atoms with van der Waals surface area (Å²) in [5.41, 5.74) is -0.402. The highest BCUT2D eigenvalue weighted by molar-refractivity contribution is 4.96. The second-order valence-corrected chi connectivity index (χ2v) is 7.61. The van der Waals surface area contributed by atoms with Crippen molar-refractivity contribution in [3.8, 4) is 0 Å². The van der Waals surface area contributed by atoms with Gasteiger partial charge in [-0.3, -0.25) is 0 Å². The van der Waals surface area contributed by atoms with Crippen LogP contribution >= 0.6 is 0 Å². The Morgan fingerprint density at radius 3 is 2.00 bits per heavy atom. The highest BCUT2D eigenvalue weighted by Crippen LogP contribution is 2.37. The Morgan fingerprint density at radius 2 is 1.45 bits per heavy atom. The van der Waals surface area contributed by atoms with Crippen LogP contribution in [0, 0.1) is 0 Å². The number of hydroxylamine groups is 2. The summed E-state index contributed by atoms with van der Waals surface area (Å²) < 4.78 is 6.07. The van der Waals surface area contributed by atoms with Gasteiger partial charge in [0.15, 0.2) is 0 Å². The average molecular weight is 285 g/mol. The fraction of sp³-hybridized carbons (Fsp3) is 1.00. The number of piperidine rings is 1. The lowest BCUT2D eigenvalue weighted by atomic mass is 9.80. The number of unbranched alkanes of at least 4 members (excludes halogenated alkanes) is 5. The van der Waals surface area contributed by atoms with Crippen molar-refractivity contribution in [2.75, 3.05) is 6.61 Å². The summed E-state index contributed by atoms with van der Waals surface area (Å²) in [5, 5.41) is 11.8. The summed E-state index contributed by atoms with van der Waals surface area (Å²) in [6.45, 7) is 11.5. The first-order chi connectivity index (χ1) is 9.29. The largest absolute Gasteiger partial charge is 0.378 e. The molecule has 0 amide bonds. The summed E-state index contributed by atoms with van der Waals surface area (Å²) in [5.74, 6) is 0. The van der Waals surface area contributed by atoms with Crippen molar-refractivity contribution in [2.45, 2.75) is 103 Å². The molecule has 20 heavy (non-hydrogen) atoms. The molecule has 0 atom stereocenters. The van der Waals surface area contributed by atoms with Crippen LogP contribution in [-0.4, -0.2) is 34.1 Å². The molecule has 1 saturated heterocycles. The van der Waals surface area contributed by atoms with E-state index >= 15 is 0 Å². The van der Waals surface area contributed by atoms with E-state index in [1.54, 1.807) is 0 Å². The summed E-state index contributed by atoms with van der Waals surface area (Å²) in [4.78, 5) is 0. The lowest BCUT2D eigenvalue weighted by Gasteiger charge is -2.51. The van der Waals surface area contributed by atoms with Gasteiger partial charge in [-0.1, -0.05) is 39.0 Å². The van der Waals surface area contributed by atoms with Crippen LogP contribution in [0.2, 0.25) is 0 Å². The molecule has 0 aromatic rings. The molecule has 1 rings (SSSR count). The van der Waals surface area contributed by atoms with E-state index in [9.17, 15) is 5.21 Å². The van der Waals surface area contributed by atoms with Crippen molar-refractivity contribution < 1.29 is 9.94 Å². The van der Waals surface area contributed by atoms with Gasteiger partial charge in [-0.25, -0.2) is 0 Å². The highest BCUT2D eigenvalue weighted by Gasteiger charge is 2.45. The molecule has 0 spiro atoms. The molecule has 0 bridgehead atoms. The summed E-state index contributed by atoms with van der Waals surface area (Å²) in [7, 11) is 0. The van der Waals surface area contributed by atoms with E-state index in [1.165, 1.54) is 43.6 Å². The van der Waals surface area contributed by atoms with Gasteiger partial charge in [0.1, 0.15) is 0 Å². The Labute approximate surface area is 125 Å². The van der Waals surface area contributed by atoms with Gasteiger partial charge in [0, 0.05) is 17.7 Å². The number of nitrogens with zero attached hydrogens (tertiary/aromatic N) is 1. The minimum Gasteiger partial charge on any atom is -0.378 e. The smallest absolute Gasteiger partial charge is 0.0611 e. The third-order valence-corrected chi connectivity index (χ3v) is 4.45. The fourth-order valence-corrected chi connectivity index (χ4v) is 3.43. The Bertz CT molecular complexity index is 258. The van der Waals surface area contributed by atoms with Gasteiger partial charge in [0.2, 0.25) is 0 Å². The predicted molar refractivity (Wildman–Crippen MR) is 84.1 cm³/mol. The molecule has 1 fully saturated rings. The molecule has 120 valence electrons. The van der Waals surface area contributed by atoms with Gasteiger partial charge in [-0.15, -0.1) is 0 Å². The number of hydrogen-bond donors (Lipinski definition) is 1. The van der Waals surface area contributed by atoms with E-state index in [1.807, 2.05) is 0 Å². The van der Waals surface area contributed by atoms with E-state index in [4.69, 9.17) is 4.74 Å². The minimum atomic E-state index is -0.201. The van der Waals surface area contributed by atoms with Crippen molar-refractivity contribution in [1.82, 2.24) is 5.06 Å². The summed E-state index contributed by atoms with van der Waals surface area (Å²) in [6.07, 6.45) is 9.90. The second kappa shape index (κ2) is 7.77. The zero-order chi connectivity index (χ0) is 15.2. The molecule has 0 aromatic carbocycles. The van der Waals surface area contributed by atoms with Crippen LogP contribution in [0.3, 0.4) is 0 Å². The van der Waals surface area contributed by atoms with Crippen molar-refractivity contribution in [3.05, 3.63) is 0 Å². The van der Waals surface area contributed by atoms with Crippen molar-refractivity contribution in [1.29, 1.82) is 0 Å². The van der Waals surface area contributed by atoms with Crippen LogP contribution in [0.25, 0.3) is 0 Å². The predicted octanol–water partition coefficient (Wildman–Crippen LogP) is 4.77. The number of ether oxygens (including phenoxy) is 1. The average Bonchev–Trinajstić information content (AvgIpc) is 2.34. The van der Waals surface area contributed by atoms with Gasteiger partial charge >= 0.3 is 0 Å². The molecule has 0 aromatic heterocycles. The van der Waals surface area contributed by atoms with Crippen molar-refractivity contribution >= 4 is 0 Å². The van der Waals surface area contributed by atoms with Crippen LogP contribution < -0.4 is 0 Å². The molecular weight excluding hydrogens is 250 g/mol. The quantitative estimate of drug-likeness (QED) is 0.652. The van der Waals surface area contributed by atoms with Gasteiger partial charge in [-0.05, 0) is 47.0 Å². The Morgan fingerprint density at radius 1 is 0.950 bits per heavy atom.